The molecular formula is C16H22N2O3. The molecule has 5 heteroatoms. The number of anilines is 1. The Morgan fingerprint density at radius 1 is 1.33 bits per heavy atom. The maximum Gasteiger partial charge on any atom is 0.282 e. The van der Waals surface area contributed by atoms with Gasteiger partial charge in [-0.2, -0.15) is 0 Å². The molecule has 0 bridgehead atoms. The Labute approximate surface area is 125 Å². The second kappa shape index (κ2) is 6.24. The minimum atomic E-state index is -0.471. The van der Waals surface area contributed by atoms with Gasteiger partial charge in [0.1, 0.15) is 0 Å². The molecule has 21 heavy (non-hydrogen) atoms. The lowest BCUT2D eigenvalue weighted by molar-refractivity contribution is -0.385. The van der Waals surface area contributed by atoms with Crippen molar-refractivity contribution in [3.05, 3.63) is 33.9 Å². The van der Waals surface area contributed by atoms with Crippen molar-refractivity contribution >= 4 is 17.2 Å². The number of carbonyl (C=O) groups excluding carboxylic acids is 1. The Kier molecular flexibility index (Phi) is 4.60. The normalized spacial score (nSPS) is 16.3. The Bertz CT molecular complexity index is 546. The van der Waals surface area contributed by atoms with Gasteiger partial charge in [-0.1, -0.05) is 13.8 Å². The lowest BCUT2D eigenvalue weighted by atomic mass is 9.86. The van der Waals surface area contributed by atoms with Crippen LogP contribution in [0.25, 0.3) is 0 Å². The van der Waals surface area contributed by atoms with Crippen molar-refractivity contribution in [2.45, 2.75) is 33.6 Å². The Balaban J connectivity index is 2.20. The van der Waals surface area contributed by atoms with Gasteiger partial charge in [0.25, 0.3) is 5.69 Å². The molecule has 1 saturated heterocycles. The van der Waals surface area contributed by atoms with E-state index in [1.165, 1.54) is 13.0 Å². The number of piperidine rings is 1. The minimum absolute atomic E-state index is 0.0917. The summed E-state index contributed by atoms with van der Waals surface area (Å²) in [6.07, 6.45) is 2.22. The molecule has 0 amide bonds. The van der Waals surface area contributed by atoms with E-state index in [0.717, 1.165) is 37.5 Å². The van der Waals surface area contributed by atoms with Crippen LogP contribution < -0.4 is 4.90 Å². The highest BCUT2D eigenvalue weighted by Gasteiger charge is 2.24. The minimum Gasteiger partial charge on any atom is -0.371 e. The molecule has 1 aromatic carbocycles. The molecule has 0 N–H and O–H groups in total. The van der Waals surface area contributed by atoms with E-state index in [1.807, 2.05) is 6.07 Å². The van der Waals surface area contributed by atoms with Crippen molar-refractivity contribution in [3.8, 4) is 0 Å². The summed E-state index contributed by atoms with van der Waals surface area (Å²) in [4.78, 5) is 24.3. The van der Waals surface area contributed by atoms with Crippen LogP contribution in [0.1, 0.15) is 44.0 Å². The van der Waals surface area contributed by atoms with Crippen LogP contribution >= 0.6 is 0 Å². The number of Topliss-reactive ketones (excluding diaryl/α,β-unsaturated/α-hetero) is 1. The van der Waals surface area contributed by atoms with Crippen molar-refractivity contribution < 1.29 is 9.72 Å². The maximum absolute atomic E-state index is 11.5. The van der Waals surface area contributed by atoms with Gasteiger partial charge < -0.3 is 4.90 Å². The molecule has 1 aromatic rings. The van der Waals surface area contributed by atoms with Crippen LogP contribution in [0.5, 0.6) is 0 Å². The summed E-state index contributed by atoms with van der Waals surface area (Å²) in [6, 6.07) is 4.93. The van der Waals surface area contributed by atoms with Crippen LogP contribution in [-0.4, -0.2) is 23.8 Å². The fourth-order valence-electron chi connectivity index (χ4n) is 2.99. The molecule has 2 rings (SSSR count). The summed E-state index contributed by atoms with van der Waals surface area (Å²) in [7, 11) is 0. The summed E-state index contributed by atoms with van der Waals surface area (Å²) in [5.74, 6) is 1.14. The quantitative estimate of drug-likeness (QED) is 0.482. The van der Waals surface area contributed by atoms with E-state index < -0.39 is 4.92 Å². The molecular weight excluding hydrogens is 268 g/mol. The molecule has 1 aliphatic heterocycles. The van der Waals surface area contributed by atoms with Crippen LogP contribution in [0.15, 0.2) is 18.2 Å². The molecule has 0 aliphatic carbocycles. The van der Waals surface area contributed by atoms with Crippen LogP contribution in [0, 0.1) is 22.0 Å². The van der Waals surface area contributed by atoms with Crippen molar-refractivity contribution in [1.82, 2.24) is 0 Å². The van der Waals surface area contributed by atoms with Crippen molar-refractivity contribution in [2.75, 3.05) is 18.0 Å². The maximum atomic E-state index is 11.5. The molecule has 114 valence electrons. The largest absolute Gasteiger partial charge is 0.371 e. The van der Waals surface area contributed by atoms with Crippen LogP contribution in [0.4, 0.5) is 11.4 Å². The number of nitrogens with zero attached hydrogens (tertiary/aromatic N) is 2. The molecule has 0 unspecified atom stereocenters. The van der Waals surface area contributed by atoms with Gasteiger partial charge >= 0.3 is 0 Å². The number of nitro groups is 1. The fourth-order valence-corrected chi connectivity index (χ4v) is 2.99. The lowest BCUT2D eigenvalue weighted by Gasteiger charge is -2.35. The summed E-state index contributed by atoms with van der Waals surface area (Å²) in [5, 5.41) is 11.1. The van der Waals surface area contributed by atoms with E-state index >= 15 is 0 Å². The molecule has 0 spiro atoms. The summed E-state index contributed by atoms with van der Waals surface area (Å²) < 4.78 is 0. The molecule has 5 nitrogen and oxygen atoms in total. The number of benzene rings is 1. The van der Waals surface area contributed by atoms with Crippen LogP contribution in [-0.2, 0) is 0 Å². The third-order valence-corrected chi connectivity index (χ3v) is 4.40. The third-order valence-electron chi connectivity index (χ3n) is 4.40. The smallest absolute Gasteiger partial charge is 0.282 e. The van der Waals surface area contributed by atoms with Crippen LogP contribution in [0.3, 0.4) is 0 Å². The van der Waals surface area contributed by atoms with Gasteiger partial charge in [0, 0.05) is 24.8 Å². The Morgan fingerprint density at radius 2 is 1.95 bits per heavy atom. The topological polar surface area (TPSA) is 63.5 Å². The number of hydrogen-bond acceptors (Lipinski definition) is 4. The highest BCUT2D eigenvalue weighted by molar-refractivity contribution is 5.98. The lowest BCUT2D eigenvalue weighted by Crippen LogP contribution is -2.35. The molecule has 0 radical (unpaired) electrons. The molecule has 0 aromatic heterocycles. The van der Waals surface area contributed by atoms with Crippen molar-refractivity contribution in [3.63, 3.8) is 0 Å². The number of ketones is 1. The summed E-state index contributed by atoms with van der Waals surface area (Å²) in [6.45, 7) is 7.68. The monoisotopic (exact) mass is 290 g/mol. The van der Waals surface area contributed by atoms with E-state index in [9.17, 15) is 14.9 Å². The summed E-state index contributed by atoms with van der Waals surface area (Å²) in [5.41, 5.74) is 0.931. The highest BCUT2D eigenvalue weighted by Crippen LogP contribution is 2.31. The van der Waals surface area contributed by atoms with E-state index in [0.29, 0.717) is 5.92 Å². The first kappa shape index (κ1) is 15.5. The van der Waals surface area contributed by atoms with Crippen LogP contribution in [0.2, 0.25) is 0 Å². The molecule has 0 atom stereocenters. The van der Waals surface area contributed by atoms with Gasteiger partial charge in [0.15, 0.2) is 5.78 Å². The zero-order valence-electron chi connectivity index (χ0n) is 12.8. The number of rotatable bonds is 4. The average molecular weight is 290 g/mol. The first-order chi connectivity index (χ1) is 9.90. The van der Waals surface area contributed by atoms with Gasteiger partial charge in [-0.3, -0.25) is 14.9 Å². The molecule has 1 aliphatic rings. The second-order valence-corrected chi connectivity index (χ2v) is 6.08. The zero-order valence-corrected chi connectivity index (χ0v) is 12.8. The van der Waals surface area contributed by atoms with Gasteiger partial charge in [-0.15, -0.1) is 0 Å². The number of carbonyl (C=O) groups is 1. The van der Waals surface area contributed by atoms with E-state index in [1.54, 1.807) is 6.07 Å². The second-order valence-electron chi connectivity index (χ2n) is 6.08. The fraction of sp³-hybridized carbons (Fsp3) is 0.562. The van der Waals surface area contributed by atoms with Gasteiger partial charge in [0.05, 0.1) is 10.5 Å². The van der Waals surface area contributed by atoms with Crippen molar-refractivity contribution in [2.24, 2.45) is 11.8 Å². The van der Waals surface area contributed by atoms with Gasteiger partial charge in [0.2, 0.25) is 0 Å². The first-order valence-corrected chi connectivity index (χ1v) is 7.44. The first-order valence-electron chi connectivity index (χ1n) is 7.44. The SMILES string of the molecule is CC(=O)c1ccc(N2CCC(C(C)C)CC2)cc1[N+](=O)[O-]. The van der Waals surface area contributed by atoms with Gasteiger partial charge in [-0.05, 0) is 43.7 Å². The predicted octanol–water partition coefficient (Wildman–Crippen LogP) is 3.67. The Morgan fingerprint density at radius 3 is 2.43 bits per heavy atom. The Hall–Kier alpha value is -1.91. The standard InChI is InChI=1S/C16H22N2O3/c1-11(2)13-6-8-17(9-7-13)14-4-5-15(12(3)19)16(10-14)18(20)21/h4-5,10-11,13H,6-9H2,1-3H3. The average Bonchev–Trinajstić information content (AvgIpc) is 2.46. The molecule has 1 heterocycles. The third kappa shape index (κ3) is 3.40. The number of hydrogen-bond donors (Lipinski definition) is 0. The van der Waals surface area contributed by atoms with Gasteiger partial charge in [-0.25, -0.2) is 0 Å². The van der Waals surface area contributed by atoms with E-state index in [2.05, 4.69) is 18.7 Å². The number of nitro benzene ring substituents is 1. The zero-order chi connectivity index (χ0) is 15.6. The van der Waals surface area contributed by atoms with Crippen molar-refractivity contribution in [1.29, 1.82) is 0 Å². The molecule has 1 fully saturated rings. The highest BCUT2D eigenvalue weighted by atomic mass is 16.6. The summed E-state index contributed by atoms with van der Waals surface area (Å²) >= 11 is 0. The predicted molar refractivity (Wildman–Crippen MR) is 82.9 cm³/mol. The molecule has 0 saturated carbocycles. The van der Waals surface area contributed by atoms with E-state index in [-0.39, 0.29) is 17.0 Å². The van der Waals surface area contributed by atoms with E-state index in [4.69, 9.17) is 0 Å².